The number of aryl methyl sites for hydroxylation is 1. The van der Waals surface area contributed by atoms with Gasteiger partial charge in [0.15, 0.2) is 0 Å². The van der Waals surface area contributed by atoms with Gasteiger partial charge in [-0.2, -0.15) is 0 Å². The maximum absolute atomic E-state index is 6.43. The first kappa shape index (κ1) is 20.3. The summed E-state index contributed by atoms with van der Waals surface area (Å²) in [7, 11) is 0. The number of rotatable bonds is 5. The molecule has 1 unspecified atom stereocenters. The van der Waals surface area contributed by atoms with Gasteiger partial charge in [0.05, 0.1) is 0 Å². The van der Waals surface area contributed by atoms with Crippen LogP contribution in [0.15, 0.2) is 61.2 Å². The van der Waals surface area contributed by atoms with E-state index in [-0.39, 0.29) is 5.92 Å². The van der Waals surface area contributed by atoms with Crippen molar-refractivity contribution in [1.29, 1.82) is 0 Å². The Morgan fingerprint density at radius 2 is 1.70 bits per heavy atom. The van der Waals surface area contributed by atoms with Crippen LogP contribution < -0.4 is 10.6 Å². The molecule has 154 valence electrons. The largest absolute Gasteiger partial charge is 0.398 e. The number of nitrogens with zero attached hydrogens (tertiary/aromatic N) is 1. The molecule has 0 amide bonds. The Kier molecular flexibility index (Phi) is 5.42. The molecule has 1 aliphatic rings. The summed E-state index contributed by atoms with van der Waals surface area (Å²) < 4.78 is 0. The smallest absolute Gasteiger partial charge is 0.0393 e. The molecule has 0 radical (unpaired) electrons. The summed E-state index contributed by atoms with van der Waals surface area (Å²) >= 11 is 0. The second kappa shape index (κ2) is 8.02. The van der Waals surface area contributed by atoms with Gasteiger partial charge in [-0.1, -0.05) is 43.0 Å². The molecule has 0 bridgehead atoms. The Morgan fingerprint density at radius 3 is 2.37 bits per heavy atom. The minimum absolute atomic E-state index is 0.217. The summed E-state index contributed by atoms with van der Waals surface area (Å²) in [5.41, 5.74) is 18.9. The molecule has 30 heavy (non-hydrogen) atoms. The molecule has 0 saturated heterocycles. The van der Waals surface area contributed by atoms with Crippen molar-refractivity contribution in [2.75, 3.05) is 23.7 Å². The van der Waals surface area contributed by atoms with E-state index in [1.54, 1.807) is 0 Å². The van der Waals surface area contributed by atoms with Crippen LogP contribution in [-0.4, -0.2) is 13.1 Å². The molecule has 0 fully saturated rings. The van der Waals surface area contributed by atoms with Crippen molar-refractivity contribution >= 4 is 16.9 Å². The van der Waals surface area contributed by atoms with E-state index in [0.717, 1.165) is 36.3 Å². The number of anilines is 2. The number of allylic oxidation sites excluding steroid dienone is 1. The zero-order chi connectivity index (χ0) is 21.4. The highest BCUT2D eigenvalue weighted by Crippen LogP contribution is 2.45. The molecule has 3 aromatic carbocycles. The third-order valence-electron chi connectivity index (χ3n) is 6.55. The van der Waals surface area contributed by atoms with E-state index in [1.807, 2.05) is 0 Å². The monoisotopic (exact) mass is 396 g/mol. The molecule has 0 heterocycles. The van der Waals surface area contributed by atoms with Gasteiger partial charge in [-0.3, -0.25) is 0 Å². The third-order valence-corrected chi connectivity index (χ3v) is 6.55. The molecule has 0 spiro atoms. The maximum atomic E-state index is 6.43. The van der Waals surface area contributed by atoms with Crippen molar-refractivity contribution in [3.63, 3.8) is 0 Å². The lowest BCUT2D eigenvalue weighted by molar-refractivity contribution is 0.849. The topological polar surface area (TPSA) is 29.3 Å². The number of benzene rings is 3. The highest BCUT2D eigenvalue weighted by Gasteiger charge is 2.30. The minimum Gasteiger partial charge on any atom is -0.398 e. The summed E-state index contributed by atoms with van der Waals surface area (Å²) in [6.07, 6.45) is 0.898. The van der Waals surface area contributed by atoms with Crippen LogP contribution in [0.1, 0.15) is 65.6 Å². The lowest BCUT2D eigenvalue weighted by atomic mass is 9.72. The number of nitrogen functional groups attached to an aromatic ring is 1. The van der Waals surface area contributed by atoms with Crippen molar-refractivity contribution in [3.05, 3.63) is 100 Å². The van der Waals surface area contributed by atoms with E-state index in [4.69, 9.17) is 5.73 Å². The molecular weight excluding hydrogens is 364 g/mol. The SMILES string of the molecule is C=C(C)c1c(N)ccc2c1Cc1cc(N(CC)CC)ccc1C2c1ccccc1C. The van der Waals surface area contributed by atoms with Gasteiger partial charge >= 0.3 is 0 Å². The van der Waals surface area contributed by atoms with E-state index in [1.165, 1.54) is 39.1 Å². The predicted octanol–water partition coefficient (Wildman–Crippen LogP) is 6.54. The molecule has 0 aliphatic heterocycles. The van der Waals surface area contributed by atoms with Crippen molar-refractivity contribution in [2.24, 2.45) is 0 Å². The number of hydrogen-bond donors (Lipinski definition) is 1. The first-order valence-electron chi connectivity index (χ1n) is 11.0. The quantitative estimate of drug-likeness (QED) is 0.388. The van der Waals surface area contributed by atoms with Crippen LogP contribution >= 0.6 is 0 Å². The first-order valence-corrected chi connectivity index (χ1v) is 11.0. The van der Waals surface area contributed by atoms with Crippen LogP contribution in [0, 0.1) is 6.92 Å². The van der Waals surface area contributed by atoms with Crippen LogP contribution in [0.25, 0.3) is 5.57 Å². The van der Waals surface area contributed by atoms with Gasteiger partial charge in [0, 0.05) is 35.9 Å². The number of fused-ring (bicyclic) bond motifs is 2. The molecule has 2 N–H and O–H groups in total. The molecule has 1 atom stereocenters. The van der Waals surface area contributed by atoms with Crippen LogP contribution in [-0.2, 0) is 6.42 Å². The van der Waals surface area contributed by atoms with Gasteiger partial charge < -0.3 is 10.6 Å². The van der Waals surface area contributed by atoms with Crippen molar-refractivity contribution in [2.45, 2.75) is 40.0 Å². The van der Waals surface area contributed by atoms with Gasteiger partial charge in [-0.25, -0.2) is 0 Å². The Hall–Kier alpha value is -3.00. The average molecular weight is 397 g/mol. The highest BCUT2D eigenvalue weighted by molar-refractivity contribution is 5.78. The molecule has 2 heteroatoms. The summed E-state index contributed by atoms with van der Waals surface area (Å²) in [6.45, 7) is 15.0. The second-order valence-electron chi connectivity index (χ2n) is 8.40. The van der Waals surface area contributed by atoms with Crippen LogP contribution in [0.3, 0.4) is 0 Å². The van der Waals surface area contributed by atoms with E-state index in [0.29, 0.717) is 0 Å². The van der Waals surface area contributed by atoms with Gasteiger partial charge in [0.2, 0.25) is 0 Å². The molecule has 2 nitrogen and oxygen atoms in total. The number of hydrogen-bond acceptors (Lipinski definition) is 2. The zero-order valence-electron chi connectivity index (χ0n) is 18.6. The molecule has 0 saturated carbocycles. The Bertz CT molecular complexity index is 1110. The molecule has 0 aromatic heterocycles. The fraction of sp³-hybridized carbons (Fsp3) is 0.286. The fourth-order valence-electron chi connectivity index (χ4n) is 5.06. The Morgan fingerprint density at radius 1 is 1.00 bits per heavy atom. The average Bonchev–Trinajstić information content (AvgIpc) is 2.73. The first-order chi connectivity index (χ1) is 14.5. The third kappa shape index (κ3) is 3.31. The van der Waals surface area contributed by atoms with Crippen molar-refractivity contribution < 1.29 is 0 Å². The summed E-state index contributed by atoms with van der Waals surface area (Å²) in [4.78, 5) is 2.41. The van der Waals surface area contributed by atoms with Crippen LogP contribution in [0.5, 0.6) is 0 Å². The molecule has 3 aromatic rings. The van der Waals surface area contributed by atoms with E-state index >= 15 is 0 Å². The number of nitrogens with two attached hydrogens (primary N) is 1. The Balaban J connectivity index is 1.99. The van der Waals surface area contributed by atoms with Gasteiger partial charge in [0.1, 0.15) is 0 Å². The van der Waals surface area contributed by atoms with E-state index < -0.39 is 0 Å². The molecular formula is C28H32N2. The second-order valence-corrected chi connectivity index (χ2v) is 8.40. The lowest BCUT2D eigenvalue weighted by Gasteiger charge is -2.33. The van der Waals surface area contributed by atoms with Gasteiger partial charge in [-0.05, 0) is 91.3 Å². The highest BCUT2D eigenvalue weighted by atomic mass is 15.1. The van der Waals surface area contributed by atoms with Crippen molar-refractivity contribution in [3.8, 4) is 0 Å². The summed E-state index contributed by atoms with van der Waals surface area (Å²) in [5.74, 6) is 0.217. The normalized spacial score (nSPS) is 14.7. The summed E-state index contributed by atoms with van der Waals surface area (Å²) in [6, 6.07) is 20.1. The summed E-state index contributed by atoms with van der Waals surface area (Å²) in [5, 5.41) is 0. The van der Waals surface area contributed by atoms with Crippen LogP contribution in [0.4, 0.5) is 11.4 Å². The van der Waals surface area contributed by atoms with E-state index in [2.05, 4.69) is 93.8 Å². The zero-order valence-corrected chi connectivity index (χ0v) is 18.6. The maximum Gasteiger partial charge on any atom is 0.0393 e. The van der Waals surface area contributed by atoms with Crippen LogP contribution in [0.2, 0.25) is 0 Å². The Labute approximate surface area is 181 Å². The lowest BCUT2D eigenvalue weighted by Crippen LogP contribution is -2.23. The molecule has 1 aliphatic carbocycles. The standard InChI is InChI=1S/C28H32N2/c1-6-30(7-2)21-12-13-23-20(16-21)17-25-24(14-15-26(29)27(25)18(3)4)28(23)22-11-9-8-10-19(22)5/h8-16,28H,3,6-7,17,29H2,1-2,4-5H3. The van der Waals surface area contributed by atoms with Crippen molar-refractivity contribution in [1.82, 2.24) is 0 Å². The van der Waals surface area contributed by atoms with Gasteiger partial charge in [0.25, 0.3) is 0 Å². The predicted molar refractivity (Wildman–Crippen MR) is 130 cm³/mol. The minimum atomic E-state index is 0.217. The fourth-order valence-corrected chi connectivity index (χ4v) is 5.06. The van der Waals surface area contributed by atoms with Gasteiger partial charge in [-0.15, -0.1) is 0 Å². The molecule has 4 rings (SSSR count). The van der Waals surface area contributed by atoms with E-state index in [9.17, 15) is 0 Å².